The lowest BCUT2D eigenvalue weighted by molar-refractivity contribution is 0.737. The zero-order valence-corrected chi connectivity index (χ0v) is 13.0. The first-order valence-electron chi connectivity index (χ1n) is 7.00. The fourth-order valence-electron chi connectivity index (χ4n) is 2.80. The van der Waals surface area contributed by atoms with Crippen molar-refractivity contribution in [3.63, 3.8) is 0 Å². The molecule has 0 spiro atoms. The van der Waals surface area contributed by atoms with E-state index in [0.717, 1.165) is 33.5 Å². The van der Waals surface area contributed by atoms with E-state index < -0.39 is 0 Å². The van der Waals surface area contributed by atoms with Crippen LogP contribution in [0.15, 0.2) is 36.7 Å². The zero-order chi connectivity index (χ0) is 15.3. The standard InChI is InChI=1S/C16H14ClN5/c1-21-6-5-11(20-21)8-15-19-14-9-18-13-4-3-10(17)7-12(13)16(14)22(15)2/h3-7,9H,8H2,1-2H3. The van der Waals surface area contributed by atoms with Crippen molar-refractivity contribution in [3.05, 3.63) is 53.2 Å². The molecule has 5 nitrogen and oxygen atoms in total. The quantitative estimate of drug-likeness (QED) is 0.571. The van der Waals surface area contributed by atoms with E-state index in [-0.39, 0.29) is 0 Å². The SMILES string of the molecule is Cn1ccc(Cc2nc3cnc4ccc(Cl)cc4c3n2C)n1. The molecule has 0 saturated heterocycles. The summed E-state index contributed by atoms with van der Waals surface area (Å²) in [5.41, 5.74) is 3.85. The van der Waals surface area contributed by atoms with Gasteiger partial charge in [-0.3, -0.25) is 9.67 Å². The smallest absolute Gasteiger partial charge is 0.115 e. The lowest BCUT2D eigenvalue weighted by Gasteiger charge is -2.03. The summed E-state index contributed by atoms with van der Waals surface area (Å²) in [6, 6.07) is 7.74. The summed E-state index contributed by atoms with van der Waals surface area (Å²) >= 11 is 6.14. The topological polar surface area (TPSA) is 48.5 Å². The third kappa shape index (κ3) is 2.05. The number of hydrogen-bond acceptors (Lipinski definition) is 3. The van der Waals surface area contributed by atoms with Crippen LogP contribution in [0, 0.1) is 0 Å². The highest BCUT2D eigenvalue weighted by Crippen LogP contribution is 2.27. The summed E-state index contributed by atoms with van der Waals surface area (Å²) in [4.78, 5) is 9.17. The fourth-order valence-corrected chi connectivity index (χ4v) is 2.97. The second-order valence-electron chi connectivity index (χ2n) is 5.40. The highest BCUT2D eigenvalue weighted by atomic mass is 35.5. The van der Waals surface area contributed by atoms with Gasteiger partial charge in [-0.05, 0) is 24.3 Å². The maximum Gasteiger partial charge on any atom is 0.115 e. The molecule has 0 amide bonds. The van der Waals surface area contributed by atoms with Crippen molar-refractivity contribution >= 4 is 33.5 Å². The molecule has 0 fully saturated rings. The number of benzene rings is 1. The van der Waals surface area contributed by atoms with Crippen molar-refractivity contribution < 1.29 is 0 Å². The Morgan fingerprint density at radius 2 is 2.00 bits per heavy atom. The first-order chi connectivity index (χ1) is 10.6. The molecule has 0 aliphatic rings. The Morgan fingerprint density at radius 1 is 1.14 bits per heavy atom. The highest BCUT2D eigenvalue weighted by molar-refractivity contribution is 6.31. The maximum atomic E-state index is 6.14. The van der Waals surface area contributed by atoms with Crippen LogP contribution in [0.5, 0.6) is 0 Å². The lowest BCUT2D eigenvalue weighted by Crippen LogP contribution is -2.00. The first kappa shape index (κ1) is 13.3. The van der Waals surface area contributed by atoms with Gasteiger partial charge in [-0.1, -0.05) is 11.6 Å². The third-order valence-electron chi connectivity index (χ3n) is 3.86. The molecule has 0 atom stereocenters. The van der Waals surface area contributed by atoms with Gasteiger partial charge in [0.25, 0.3) is 0 Å². The van der Waals surface area contributed by atoms with E-state index >= 15 is 0 Å². The van der Waals surface area contributed by atoms with Gasteiger partial charge in [-0.15, -0.1) is 0 Å². The average molecular weight is 312 g/mol. The molecule has 110 valence electrons. The van der Waals surface area contributed by atoms with E-state index in [1.807, 2.05) is 50.8 Å². The van der Waals surface area contributed by atoms with Crippen LogP contribution >= 0.6 is 11.6 Å². The number of fused-ring (bicyclic) bond motifs is 3. The predicted molar refractivity (Wildman–Crippen MR) is 87.0 cm³/mol. The van der Waals surface area contributed by atoms with Crippen LogP contribution in [-0.2, 0) is 20.5 Å². The monoisotopic (exact) mass is 311 g/mol. The minimum Gasteiger partial charge on any atom is -0.330 e. The number of nitrogens with zero attached hydrogens (tertiary/aromatic N) is 5. The van der Waals surface area contributed by atoms with Crippen molar-refractivity contribution in [1.29, 1.82) is 0 Å². The van der Waals surface area contributed by atoms with Gasteiger partial charge < -0.3 is 4.57 Å². The third-order valence-corrected chi connectivity index (χ3v) is 4.10. The Bertz CT molecular complexity index is 999. The van der Waals surface area contributed by atoms with Crippen LogP contribution in [-0.4, -0.2) is 24.3 Å². The molecule has 0 aliphatic heterocycles. The van der Waals surface area contributed by atoms with Crippen LogP contribution in [0.1, 0.15) is 11.5 Å². The van der Waals surface area contributed by atoms with Crippen molar-refractivity contribution in [2.24, 2.45) is 14.1 Å². The Kier molecular flexibility index (Phi) is 2.90. The number of pyridine rings is 1. The molecule has 0 unspecified atom stereocenters. The van der Waals surface area contributed by atoms with Crippen LogP contribution in [0.4, 0.5) is 0 Å². The molecule has 4 aromatic rings. The molecule has 0 aliphatic carbocycles. The van der Waals surface area contributed by atoms with Gasteiger partial charge in [-0.25, -0.2) is 4.98 Å². The summed E-state index contributed by atoms with van der Waals surface area (Å²) in [5.74, 6) is 0.961. The number of hydrogen-bond donors (Lipinski definition) is 0. The van der Waals surface area contributed by atoms with Gasteiger partial charge in [0, 0.05) is 30.7 Å². The van der Waals surface area contributed by atoms with E-state index in [1.54, 1.807) is 4.68 Å². The number of imidazole rings is 1. The summed E-state index contributed by atoms with van der Waals surface area (Å²) in [7, 11) is 3.94. The van der Waals surface area contributed by atoms with Gasteiger partial charge >= 0.3 is 0 Å². The van der Waals surface area contributed by atoms with Crippen molar-refractivity contribution in [1.82, 2.24) is 24.3 Å². The van der Waals surface area contributed by atoms with Crippen LogP contribution in [0.3, 0.4) is 0 Å². The molecule has 0 radical (unpaired) electrons. The second kappa shape index (κ2) is 4.81. The Balaban J connectivity index is 1.92. The summed E-state index contributed by atoms with van der Waals surface area (Å²) in [6.45, 7) is 0. The van der Waals surface area contributed by atoms with Gasteiger partial charge in [0.05, 0.1) is 29.3 Å². The highest BCUT2D eigenvalue weighted by Gasteiger charge is 2.13. The van der Waals surface area contributed by atoms with Crippen LogP contribution < -0.4 is 0 Å². The molecular weight excluding hydrogens is 298 g/mol. The normalized spacial score (nSPS) is 11.6. The number of halogens is 1. The number of aromatic nitrogens is 5. The average Bonchev–Trinajstić information content (AvgIpc) is 3.04. The van der Waals surface area contributed by atoms with E-state index in [0.29, 0.717) is 11.4 Å². The summed E-state index contributed by atoms with van der Waals surface area (Å²) < 4.78 is 3.90. The largest absolute Gasteiger partial charge is 0.330 e. The van der Waals surface area contributed by atoms with Gasteiger partial charge in [0.2, 0.25) is 0 Å². The Labute approximate surface area is 132 Å². The Morgan fingerprint density at radius 3 is 2.77 bits per heavy atom. The predicted octanol–water partition coefficient (Wildman–Crippen LogP) is 3.10. The van der Waals surface area contributed by atoms with Crippen molar-refractivity contribution in [3.8, 4) is 0 Å². The molecule has 4 rings (SSSR count). The van der Waals surface area contributed by atoms with Gasteiger partial charge in [0.15, 0.2) is 0 Å². The van der Waals surface area contributed by atoms with Crippen molar-refractivity contribution in [2.45, 2.75) is 6.42 Å². The molecule has 0 N–H and O–H groups in total. The van der Waals surface area contributed by atoms with E-state index in [1.165, 1.54) is 0 Å². The number of aryl methyl sites for hydroxylation is 2. The fraction of sp³-hybridized carbons (Fsp3) is 0.188. The van der Waals surface area contributed by atoms with Crippen molar-refractivity contribution in [2.75, 3.05) is 0 Å². The Hall–Kier alpha value is -2.40. The summed E-state index contributed by atoms with van der Waals surface area (Å²) in [5, 5.41) is 6.14. The number of rotatable bonds is 2. The maximum absolute atomic E-state index is 6.14. The zero-order valence-electron chi connectivity index (χ0n) is 12.3. The van der Waals surface area contributed by atoms with Crippen LogP contribution in [0.25, 0.3) is 21.9 Å². The minimum atomic E-state index is 0.689. The molecule has 22 heavy (non-hydrogen) atoms. The van der Waals surface area contributed by atoms with E-state index in [4.69, 9.17) is 16.6 Å². The van der Waals surface area contributed by atoms with Crippen LogP contribution in [0.2, 0.25) is 5.02 Å². The molecule has 3 heterocycles. The summed E-state index contributed by atoms with van der Waals surface area (Å²) in [6.07, 6.45) is 4.44. The molecule has 6 heteroatoms. The minimum absolute atomic E-state index is 0.689. The molecule has 0 saturated carbocycles. The molecule has 1 aromatic carbocycles. The molecule has 3 aromatic heterocycles. The lowest BCUT2D eigenvalue weighted by atomic mass is 10.2. The molecular formula is C16H14ClN5. The molecule has 0 bridgehead atoms. The van der Waals surface area contributed by atoms with Gasteiger partial charge in [-0.2, -0.15) is 5.10 Å². The van der Waals surface area contributed by atoms with E-state index in [2.05, 4.69) is 14.6 Å². The van der Waals surface area contributed by atoms with Gasteiger partial charge in [0.1, 0.15) is 11.3 Å². The van der Waals surface area contributed by atoms with E-state index in [9.17, 15) is 0 Å². The first-order valence-corrected chi connectivity index (χ1v) is 7.38. The second-order valence-corrected chi connectivity index (χ2v) is 5.83.